The smallest absolute Gasteiger partial charge is 0.203 e. The zero-order valence-corrected chi connectivity index (χ0v) is 9.65. The van der Waals surface area contributed by atoms with E-state index in [1.165, 1.54) is 4.68 Å². The molecule has 17 heavy (non-hydrogen) atoms. The van der Waals surface area contributed by atoms with E-state index in [4.69, 9.17) is 5.21 Å². The van der Waals surface area contributed by atoms with Gasteiger partial charge in [0.1, 0.15) is 0 Å². The summed E-state index contributed by atoms with van der Waals surface area (Å²) in [6.45, 7) is 3.95. The Morgan fingerprint density at radius 3 is 2.59 bits per heavy atom. The molecule has 0 aliphatic heterocycles. The summed E-state index contributed by atoms with van der Waals surface area (Å²) in [5, 5.41) is 23.8. The van der Waals surface area contributed by atoms with Gasteiger partial charge >= 0.3 is 0 Å². The number of aromatic nitrogens is 4. The van der Waals surface area contributed by atoms with Crippen LogP contribution in [0.1, 0.15) is 31.2 Å². The highest BCUT2D eigenvalue weighted by Crippen LogP contribution is 2.11. The Kier molecular flexibility index (Phi) is 3.13. The third-order valence-corrected chi connectivity index (χ3v) is 2.34. The van der Waals surface area contributed by atoms with Gasteiger partial charge in [-0.15, -0.1) is 5.10 Å². The highest BCUT2D eigenvalue weighted by atomic mass is 16.4. The van der Waals surface area contributed by atoms with Crippen molar-refractivity contribution in [3.8, 4) is 0 Å². The highest BCUT2D eigenvalue weighted by molar-refractivity contribution is 5.99. The number of oxime groups is 1. The van der Waals surface area contributed by atoms with Gasteiger partial charge in [-0.3, -0.25) is 0 Å². The lowest BCUT2D eigenvalue weighted by Crippen LogP contribution is -2.19. The van der Waals surface area contributed by atoms with Gasteiger partial charge in [-0.25, -0.2) is 0 Å². The first kappa shape index (κ1) is 11.3. The van der Waals surface area contributed by atoms with Crippen molar-refractivity contribution in [2.75, 3.05) is 0 Å². The average Bonchev–Trinajstić information content (AvgIpc) is 2.81. The van der Waals surface area contributed by atoms with E-state index in [0.717, 1.165) is 5.56 Å². The molecule has 1 aromatic carbocycles. The second kappa shape index (κ2) is 4.73. The van der Waals surface area contributed by atoms with Gasteiger partial charge in [0.05, 0.1) is 0 Å². The molecular formula is C11H13N5O. The van der Waals surface area contributed by atoms with E-state index in [1.807, 2.05) is 44.2 Å². The molecule has 1 heterocycles. The lowest BCUT2D eigenvalue weighted by Gasteiger charge is -2.08. The Bertz CT molecular complexity index is 518. The molecule has 0 amide bonds. The summed E-state index contributed by atoms with van der Waals surface area (Å²) in [5.41, 5.74) is 0.754. The monoisotopic (exact) mass is 231 g/mol. The molecule has 0 atom stereocenters. The molecule has 0 spiro atoms. The first-order valence-corrected chi connectivity index (χ1v) is 5.30. The maximum Gasteiger partial charge on any atom is 0.203 e. The van der Waals surface area contributed by atoms with Crippen molar-refractivity contribution in [1.29, 1.82) is 0 Å². The molecule has 0 aliphatic rings. The summed E-state index contributed by atoms with van der Waals surface area (Å²) in [5.74, 6) is 1.12. The van der Waals surface area contributed by atoms with E-state index < -0.39 is 0 Å². The topological polar surface area (TPSA) is 76.2 Å². The molecule has 0 aliphatic carbocycles. The molecule has 2 aromatic rings. The minimum Gasteiger partial charge on any atom is -0.409 e. The number of tetrazole rings is 1. The summed E-state index contributed by atoms with van der Waals surface area (Å²) in [6.07, 6.45) is 0. The third kappa shape index (κ3) is 2.15. The van der Waals surface area contributed by atoms with Gasteiger partial charge in [-0.1, -0.05) is 49.3 Å². The molecule has 0 unspecified atom stereocenters. The molecule has 1 N–H and O–H groups in total. The van der Waals surface area contributed by atoms with Crippen LogP contribution in [0.2, 0.25) is 0 Å². The van der Waals surface area contributed by atoms with Gasteiger partial charge in [-0.2, -0.15) is 4.68 Å². The molecule has 0 fully saturated rings. The molecule has 1 aromatic heterocycles. The molecule has 88 valence electrons. The van der Waals surface area contributed by atoms with Crippen LogP contribution in [0, 0.1) is 0 Å². The summed E-state index contributed by atoms with van der Waals surface area (Å²) in [4.78, 5) is 0. The Morgan fingerprint density at radius 1 is 1.29 bits per heavy atom. The first-order valence-electron chi connectivity index (χ1n) is 5.30. The number of nitrogens with zero attached hydrogens (tertiary/aromatic N) is 5. The fourth-order valence-electron chi connectivity index (χ4n) is 1.51. The minimum absolute atomic E-state index is 0.144. The second-order valence-electron chi connectivity index (χ2n) is 3.89. The largest absolute Gasteiger partial charge is 0.409 e. The Morgan fingerprint density at radius 2 is 2.00 bits per heavy atom. The predicted octanol–water partition coefficient (Wildman–Crippen LogP) is 1.48. The lowest BCUT2D eigenvalue weighted by atomic mass is 10.2. The lowest BCUT2D eigenvalue weighted by molar-refractivity contribution is 0.316. The van der Waals surface area contributed by atoms with Gasteiger partial charge in [0.15, 0.2) is 5.82 Å². The highest BCUT2D eigenvalue weighted by Gasteiger charge is 2.16. The summed E-state index contributed by atoms with van der Waals surface area (Å²) in [7, 11) is 0. The van der Waals surface area contributed by atoms with E-state index in [2.05, 4.69) is 20.7 Å². The average molecular weight is 231 g/mol. The normalized spacial score (nSPS) is 12.1. The van der Waals surface area contributed by atoms with Crippen LogP contribution < -0.4 is 0 Å². The zero-order valence-electron chi connectivity index (χ0n) is 9.65. The Labute approximate surface area is 98.6 Å². The minimum atomic E-state index is 0.144. The molecular weight excluding hydrogens is 218 g/mol. The summed E-state index contributed by atoms with van der Waals surface area (Å²) in [6, 6.07) is 9.28. The van der Waals surface area contributed by atoms with Crippen molar-refractivity contribution in [2.24, 2.45) is 5.16 Å². The van der Waals surface area contributed by atoms with Crippen LogP contribution in [-0.2, 0) is 0 Å². The van der Waals surface area contributed by atoms with Crippen molar-refractivity contribution < 1.29 is 5.21 Å². The van der Waals surface area contributed by atoms with Crippen LogP contribution in [0.4, 0.5) is 0 Å². The quantitative estimate of drug-likeness (QED) is 0.367. The molecule has 6 nitrogen and oxygen atoms in total. The number of benzene rings is 1. The molecule has 0 radical (unpaired) electrons. The van der Waals surface area contributed by atoms with Crippen molar-refractivity contribution in [2.45, 2.75) is 19.8 Å². The maximum absolute atomic E-state index is 9.13. The maximum atomic E-state index is 9.13. The molecule has 0 saturated carbocycles. The van der Waals surface area contributed by atoms with E-state index in [0.29, 0.717) is 11.7 Å². The standard InChI is InChI=1S/C11H13N5O/c1-8(2)10-12-14-15-16(10)11(13-17)9-6-4-3-5-7-9/h3-8,17H,1-2H3/b13-11+. The van der Waals surface area contributed by atoms with Crippen LogP contribution in [0.25, 0.3) is 0 Å². The van der Waals surface area contributed by atoms with Crippen LogP contribution in [0.3, 0.4) is 0 Å². The fourth-order valence-corrected chi connectivity index (χ4v) is 1.51. The van der Waals surface area contributed by atoms with E-state index in [1.54, 1.807) is 0 Å². The van der Waals surface area contributed by atoms with Crippen molar-refractivity contribution in [3.63, 3.8) is 0 Å². The van der Waals surface area contributed by atoms with Crippen LogP contribution in [0.5, 0.6) is 0 Å². The summed E-state index contributed by atoms with van der Waals surface area (Å²) < 4.78 is 1.44. The third-order valence-electron chi connectivity index (χ3n) is 2.34. The van der Waals surface area contributed by atoms with Gasteiger partial charge in [-0.05, 0) is 10.4 Å². The van der Waals surface area contributed by atoms with Crippen LogP contribution in [-0.4, -0.2) is 31.3 Å². The SMILES string of the molecule is CC(C)c1nnnn1/C(=N/O)c1ccccc1. The first-order chi connectivity index (χ1) is 8.24. The second-order valence-corrected chi connectivity index (χ2v) is 3.89. The number of hydrogen-bond acceptors (Lipinski definition) is 5. The Balaban J connectivity index is 2.48. The van der Waals surface area contributed by atoms with Crippen molar-refractivity contribution >= 4 is 5.84 Å². The van der Waals surface area contributed by atoms with Crippen LogP contribution >= 0.6 is 0 Å². The number of rotatable bonds is 2. The van der Waals surface area contributed by atoms with Gasteiger partial charge in [0.25, 0.3) is 0 Å². The summed E-state index contributed by atoms with van der Waals surface area (Å²) >= 11 is 0. The molecule has 6 heteroatoms. The molecule has 0 bridgehead atoms. The van der Waals surface area contributed by atoms with E-state index in [9.17, 15) is 0 Å². The molecule has 0 saturated heterocycles. The van der Waals surface area contributed by atoms with Gasteiger partial charge in [0, 0.05) is 11.5 Å². The van der Waals surface area contributed by atoms with E-state index >= 15 is 0 Å². The predicted molar refractivity (Wildman–Crippen MR) is 62.1 cm³/mol. The van der Waals surface area contributed by atoms with Crippen molar-refractivity contribution in [1.82, 2.24) is 20.2 Å². The number of hydrogen-bond donors (Lipinski definition) is 1. The Hall–Kier alpha value is -2.24. The molecule has 2 rings (SSSR count). The van der Waals surface area contributed by atoms with Crippen molar-refractivity contribution in [3.05, 3.63) is 41.7 Å². The van der Waals surface area contributed by atoms with Crippen LogP contribution in [0.15, 0.2) is 35.5 Å². The van der Waals surface area contributed by atoms with E-state index in [-0.39, 0.29) is 5.92 Å². The zero-order chi connectivity index (χ0) is 12.3. The van der Waals surface area contributed by atoms with Gasteiger partial charge < -0.3 is 5.21 Å². The van der Waals surface area contributed by atoms with Gasteiger partial charge in [0.2, 0.25) is 5.84 Å². The fraction of sp³-hybridized carbons (Fsp3) is 0.273.